The van der Waals surface area contributed by atoms with E-state index < -0.39 is 30.9 Å². The molecule has 0 heterocycles. The maximum Gasteiger partial charge on any atom is 0.317 e. The predicted octanol–water partition coefficient (Wildman–Crippen LogP) is 1.77. The Kier molecular flexibility index (Phi) is 13.3. The van der Waals surface area contributed by atoms with Crippen LogP contribution in [0.4, 0.5) is 5.69 Å². The van der Waals surface area contributed by atoms with Gasteiger partial charge in [0.1, 0.15) is 5.78 Å². The Morgan fingerprint density at radius 3 is 2.03 bits per heavy atom. The largest absolute Gasteiger partial charge is 0.480 e. The van der Waals surface area contributed by atoms with E-state index >= 15 is 0 Å². The lowest BCUT2D eigenvalue weighted by atomic mass is 9.98. The Labute approximate surface area is 211 Å². The highest BCUT2D eigenvalue weighted by molar-refractivity contribution is 6.02. The van der Waals surface area contributed by atoms with Crippen LogP contribution in [0, 0.1) is 11.8 Å². The molecule has 11 nitrogen and oxygen atoms in total. The fourth-order valence-electron chi connectivity index (χ4n) is 3.19. The van der Waals surface area contributed by atoms with Crippen LogP contribution in [0.5, 0.6) is 0 Å². The number of Topliss-reactive ketones (excluding diaryl/α,β-unsaturated/α-hetero) is 2. The van der Waals surface area contributed by atoms with Crippen LogP contribution in [0.25, 0.3) is 0 Å². The molecule has 0 radical (unpaired) electrons. The third-order valence-electron chi connectivity index (χ3n) is 5.15. The second-order valence-corrected chi connectivity index (χ2v) is 8.98. The first-order valence-electron chi connectivity index (χ1n) is 11.9. The van der Waals surface area contributed by atoms with Crippen molar-refractivity contribution < 1.29 is 38.9 Å². The van der Waals surface area contributed by atoms with Crippen molar-refractivity contribution in [2.75, 3.05) is 51.3 Å². The fraction of sp³-hybridized carbons (Fsp3) is 0.560. The van der Waals surface area contributed by atoms with Crippen LogP contribution < -0.4 is 10.6 Å². The highest BCUT2D eigenvalue weighted by atomic mass is 16.5. The van der Waals surface area contributed by atoms with Gasteiger partial charge in [-0.05, 0) is 18.2 Å². The normalized spacial score (nSPS) is 11.1. The summed E-state index contributed by atoms with van der Waals surface area (Å²) in [6.45, 7) is 7.35. The number of ketones is 2. The molecule has 4 N–H and O–H groups in total. The van der Waals surface area contributed by atoms with Gasteiger partial charge in [0, 0.05) is 54.7 Å². The van der Waals surface area contributed by atoms with Gasteiger partial charge < -0.3 is 25.6 Å². The number of carbonyl (C=O) groups excluding carboxylic acids is 3. The second-order valence-electron chi connectivity index (χ2n) is 8.98. The van der Waals surface area contributed by atoms with Gasteiger partial charge in [0.15, 0.2) is 5.78 Å². The summed E-state index contributed by atoms with van der Waals surface area (Å²) < 4.78 is 5.48. The molecule has 0 aromatic heterocycles. The number of hydrogen-bond acceptors (Lipinski definition) is 8. The number of benzene rings is 1. The van der Waals surface area contributed by atoms with E-state index in [2.05, 4.69) is 10.6 Å². The summed E-state index contributed by atoms with van der Waals surface area (Å²) >= 11 is 0. The molecule has 0 aliphatic rings. The van der Waals surface area contributed by atoms with Crippen LogP contribution in [0.2, 0.25) is 0 Å². The molecule has 0 saturated carbocycles. The lowest BCUT2D eigenvalue weighted by molar-refractivity contribution is -0.141. The molecule has 1 aromatic rings. The lowest BCUT2D eigenvalue weighted by Gasteiger charge is -2.18. The zero-order chi connectivity index (χ0) is 27.3. The number of amides is 1. The third-order valence-corrected chi connectivity index (χ3v) is 5.15. The van der Waals surface area contributed by atoms with Crippen LogP contribution >= 0.6 is 0 Å². The molecular weight excluding hydrogens is 470 g/mol. The Bertz CT molecular complexity index is 914. The zero-order valence-electron chi connectivity index (χ0n) is 21.3. The van der Waals surface area contributed by atoms with Gasteiger partial charge in [-0.3, -0.25) is 28.9 Å². The molecular formula is C25H37N3O8. The first-order chi connectivity index (χ1) is 16.9. The number of anilines is 1. The van der Waals surface area contributed by atoms with Gasteiger partial charge in [0.25, 0.3) is 5.91 Å². The van der Waals surface area contributed by atoms with Gasteiger partial charge >= 0.3 is 11.9 Å². The van der Waals surface area contributed by atoms with Crippen molar-refractivity contribution in [1.29, 1.82) is 0 Å². The Morgan fingerprint density at radius 1 is 0.861 bits per heavy atom. The molecule has 1 amide bonds. The molecule has 0 atom stereocenters. The van der Waals surface area contributed by atoms with E-state index in [1.165, 1.54) is 11.0 Å². The highest BCUT2D eigenvalue weighted by Gasteiger charge is 2.17. The molecule has 11 heteroatoms. The summed E-state index contributed by atoms with van der Waals surface area (Å²) in [4.78, 5) is 60.0. The van der Waals surface area contributed by atoms with E-state index in [1.54, 1.807) is 26.0 Å². The number of hydrogen-bond donors (Lipinski definition) is 4. The molecule has 0 spiro atoms. The van der Waals surface area contributed by atoms with Gasteiger partial charge in [0.05, 0.1) is 26.3 Å². The molecule has 0 saturated heterocycles. The summed E-state index contributed by atoms with van der Waals surface area (Å²) in [7, 11) is 0. The lowest BCUT2D eigenvalue weighted by Crippen LogP contribution is -2.40. The minimum Gasteiger partial charge on any atom is -0.480 e. The average Bonchev–Trinajstić information content (AvgIpc) is 2.79. The average molecular weight is 508 g/mol. The quantitative estimate of drug-likeness (QED) is 0.170. The highest BCUT2D eigenvalue weighted by Crippen LogP contribution is 2.18. The van der Waals surface area contributed by atoms with Crippen LogP contribution in [0.15, 0.2) is 18.2 Å². The molecule has 0 fully saturated rings. The molecule has 0 aliphatic heterocycles. The van der Waals surface area contributed by atoms with Gasteiger partial charge in [-0.25, -0.2) is 0 Å². The van der Waals surface area contributed by atoms with Crippen LogP contribution in [-0.2, 0) is 19.1 Å². The SMILES string of the molecule is CC(C)C(=O)CCOCCNc1cc(C(=O)NCCN(CC(=O)O)CC(=O)O)cc(C(=O)C(C)C)c1. The van der Waals surface area contributed by atoms with E-state index in [1.807, 2.05) is 13.8 Å². The first-order valence-corrected chi connectivity index (χ1v) is 11.9. The maximum atomic E-state index is 12.7. The molecule has 36 heavy (non-hydrogen) atoms. The van der Waals surface area contributed by atoms with E-state index in [-0.39, 0.29) is 42.1 Å². The summed E-state index contributed by atoms with van der Waals surface area (Å²) in [5.74, 6) is -3.14. The van der Waals surface area contributed by atoms with Crippen LogP contribution in [0.3, 0.4) is 0 Å². The molecule has 200 valence electrons. The van der Waals surface area contributed by atoms with E-state index in [0.717, 1.165) is 0 Å². The standard InChI is InChI=1S/C25H37N3O8/c1-16(2)21(29)5-9-36-10-7-26-20-12-18(24(34)17(3)4)11-19(13-20)25(35)27-6-8-28(14-22(30)31)15-23(32)33/h11-13,16-17,26H,5-10,14-15H2,1-4H3,(H,27,35)(H,30,31)(H,32,33). The van der Waals surface area contributed by atoms with Crippen LogP contribution in [-0.4, -0.2) is 90.5 Å². The number of ether oxygens (including phenoxy) is 1. The molecule has 1 rings (SSSR count). The van der Waals surface area contributed by atoms with E-state index in [9.17, 15) is 24.0 Å². The molecule has 1 aromatic carbocycles. The zero-order valence-corrected chi connectivity index (χ0v) is 21.3. The minimum absolute atomic E-state index is 0.0213. The number of nitrogens with zero attached hydrogens (tertiary/aromatic N) is 1. The Hall–Kier alpha value is -3.31. The summed E-state index contributed by atoms with van der Waals surface area (Å²) in [5.41, 5.74) is 1.14. The van der Waals surface area contributed by atoms with Crippen molar-refractivity contribution in [2.45, 2.75) is 34.1 Å². The number of nitrogens with one attached hydrogen (secondary N) is 2. The van der Waals surface area contributed by atoms with Crippen molar-refractivity contribution in [3.8, 4) is 0 Å². The van der Waals surface area contributed by atoms with E-state index in [4.69, 9.17) is 14.9 Å². The van der Waals surface area contributed by atoms with Crippen molar-refractivity contribution in [3.63, 3.8) is 0 Å². The third kappa shape index (κ3) is 11.9. The maximum absolute atomic E-state index is 12.7. The number of carboxylic acid groups (broad SMARTS) is 2. The van der Waals surface area contributed by atoms with Crippen molar-refractivity contribution in [3.05, 3.63) is 29.3 Å². The molecule has 0 aliphatic carbocycles. The Balaban J connectivity index is 2.79. The topological polar surface area (TPSA) is 162 Å². The summed E-state index contributed by atoms with van der Waals surface area (Å²) in [6.07, 6.45) is 0.344. The van der Waals surface area contributed by atoms with Gasteiger partial charge in [-0.1, -0.05) is 27.7 Å². The summed E-state index contributed by atoms with van der Waals surface area (Å²) in [6, 6.07) is 4.73. The van der Waals surface area contributed by atoms with Crippen molar-refractivity contribution in [1.82, 2.24) is 10.2 Å². The predicted molar refractivity (Wildman–Crippen MR) is 133 cm³/mol. The fourth-order valence-corrected chi connectivity index (χ4v) is 3.19. The minimum atomic E-state index is -1.17. The number of aliphatic carboxylic acids is 2. The van der Waals surface area contributed by atoms with Crippen molar-refractivity contribution >= 4 is 35.1 Å². The first kappa shape index (κ1) is 30.7. The monoisotopic (exact) mass is 507 g/mol. The smallest absolute Gasteiger partial charge is 0.317 e. The van der Waals surface area contributed by atoms with Crippen molar-refractivity contribution in [2.24, 2.45) is 11.8 Å². The number of rotatable bonds is 18. The van der Waals surface area contributed by atoms with E-state index in [0.29, 0.717) is 37.4 Å². The number of carbonyl (C=O) groups is 5. The second kappa shape index (κ2) is 15.6. The van der Waals surface area contributed by atoms with Gasteiger partial charge in [-0.15, -0.1) is 0 Å². The van der Waals surface area contributed by atoms with Crippen LogP contribution in [0.1, 0.15) is 54.8 Å². The summed E-state index contributed by atoms with van der Waals surface area (Å²) in [5, 5.41) is 23.6. The Morgan fingerprint density at radius 2 is 1.47 bits per heavy atom. The van der Waals surface area contributed by atoms with Gasteiger partial charge in [-0.2, -0.15) is 0 Å². The number of carboxylic acids is 2. The van der Waals surface area contributed by atoms with Gasteiger partial charge in [0.2, 0.25) is 0 Å². The molecule has 0 bridgehead atoms. The molecule has 0 unspecified atom stereocenters.